The number of aryl methyl sites for hydroxylation is 1. The molecule has 130 valence electrons. The minimum absolute atomic E-state index is 0.0101. The van der Waals surface area contributed by atoms with E-state index in [4.69, 9.17) is 16.3 Å². The largest absolute Gasteiger partial charge is 0.459 e. The molecule has 0 spiro atoms. The van der Waals surface area contributed by atoms with Crippen molar-refractivity contribution in [2.75, 3.05) is 5.75 Å². The zero-order valence-electron chi connectivity index (χ0n) is 13.4. The lowest BCUT2D eigenvalue weighted by Crippen LogP contribution is -2.17. The summed E-state index contributed by atoms with van der Waals surface area (Å²) in [7, 11) is 0. The van der Waals surface area contributed by atoms with E-state index in [1.165, 1.54) is 33.6 Å². The predicted octanol–water partition coefficient (Wildman–Crippen LogP) is 3.69. The Hall–Kier alpha value is -1.83. The summed E-state index contributed by atoms with van der Waals surface area (Å²) in [6.07, 6.45) is 1.73. The third-order valence-electron chi connectivity index (χ3n) is 3.33. The maximum atomic E-state index is 12.1. The van der Waals surface area contributed by atoms with Crippen LogP contribution in [-0.2, 0) is 21.9 Å². The highest BCUT2D eigenvalue weighted by atomic mass is 35.5. The van der Waals surface area contributed by atoms with Crippen LogP contribution in [0.4, 0.5) is 0 Å². The summed E-state index contributed by atoms with van der Waals surface area (Å²) < 4.78 is 7.42. The van der Waals surface area contributed by atoms with Gasteiger partial charge in [0.1, 0.15) is 12.3 Å². The van der Waals surface area contributed by atoms with Crippen molar-refractivity contribution in [1.82, 2.24) is 9.38 Å². The number of thioether (sulfide) groups is 1. The molecular formula is C17H15ClN2O3S2. The molecule has 25 heavy (non-hydrogen) atoms. The Bertz CT molecular complexity index is 968. The van der Waals surface area contributed by atoms with E-state index < -0.39 is 0 Å². The van der Waals surface area contributed by atoms with Gasteiger partial charge in [-0.15, -0.1) is 23.1 Å². The number of thiophene rings is 1. The van der Waals surface area contributed by atoms with Crippen molar-refractivity contribution >= 4 is 46.3 Å². The summed E-state index contributed by atoms with van der Waals surface area (Å²) in [5, 5.41) is 0. The summed E-state index contributed by atoms with van der Waals surface area (Å²) in [4.78, 5) is 29.4. The van der Waals surface area contributed by atoms with Gasteiger partial charge in [-0.1, -0.05) is 17.7 Å². The molecule has 0 N–H and O–H groups in total. The SMILES string of the molecule is Cc1ccc2nc(COC(=O)CSCc3ccc(Cl)s3)cc(=O)n2c1. The molecule has 0 aliphatic rings. The molecule has 0 atom stereocenters. The maximum absolute atomic E-state index is 12.1. The van der Waals surface area contributed by atoms with Gasteiger partial charge in [-0.05, 0) is 30.7 Å². The standard InChI is InChI=1S/C17H15ClN2O3S2/c1-11-2-5-15-19-12(6-16(21)20(15)7-11)8-23-17(22)10-24-9-13-3-4-14(18)25-13/h2-7H,8-10H2,1H3. The summed E-state index contributed by atoms with van der Waals surface area (Å²) in [5.74, 6) is 0.612. The topological polar surface area (TPSA) is 60.7 Å². The molecule has 0 aliphatic heterocycles. The Morgan fingerprint density at radius 1 is 1.36 bits per heavy atom. The van der Waals surface area contributed by atoms with Crippen molar-refractivity contribution in [3.63, 3.8) is 0 Å². The minimum atomic E-state index is -0.335. The average molecular weight is 395 g/mol. The monoisotopic (exact) mass is 394 g/mol. The first-order valence-electron chi connectivity index (χ1n) is 7.48. The quantitative estimate of drug-likeness (QED) is 0.596. The van der Waals surface area contributed by atoms with Gasteiger partial charge in [-0.25, -0.2) is 4.98 Å². The molecule has 0 amide bonds. The maximum Gasteiger partial charge on any atom is 0.316 e. The fourth-order valence-corrected chi connectivity index (χ4v) is 4.21. The van der Waals surface area contributed by atoms with E-state index in [9.17, 15) is 9.59 Å². The van der Waals surface area contributed by atoms with Crippen molar-refractivity contribution < 1.29 is 9.53 Å². The number of carbonyl (C=O) groups is 1. The first-order valence-corrected chi connectivity index (χ1v) is 9.83. The zero-order chi connectivity index (χ0) is 17.8. The van der Waals surface area contributed by atoms with E-state index in [1.54, 1.807) is 12.3 Å². The summed E-state index contributed by atoms with van der Waals surface area (Å²) in [6, 6.07) is 8.82. The number of carbonyl (C=O) groups excluding carboxylic acids is 1. The predicted molar refractivity (Wildman–Crippen MR) is 101 cm³/mol. The van der Waals surface area contributed by atoms with E-state index in [0.29, 0.717) is 17.1 Å². The van der Waals surface area contributed by atoms with Gasteiger partial charge in [0.2, 0.25) is 0 Å². The second-order valence-corrected chi connectivity index (χ2v) is 8.16. The molecule has 3 aromatic rings. The van der Waals surface area contributed by atoms with Gasteiger partial charge in [0.15, 0.2) is 0 Å². The van der Waals surface area contributed by atoms with Crippen LogP contribution in [0.15, 0.2) is 41.3 Å². The van der Waals surface area contributed by atoms with Crippen LogP contribution in [0, 0.1) is 6.92 Å². The van der Waals surface area contributed by atoms with Crippen LogP contribution in [0.5, 0.6) is 0 Å². The van der Waals surface area contributed by atoms with Gasteiger partial charge in [-0.2, -0.15) is 0 Å². The van der Waals surface area contributed by atoms with Crippen LogP contribution in [0.2, 0.25) is 4.34 Å². The molecule has 0 radical (unpaired) electrons. The van der Waals surface area contributed by atoms with E-state index in [-0.39, 0.29) is 23.9 Å². The number of nitrogens with zero attached hydrogens (tertiary/aromatic N) is 2. The number of fused-ring (bicyclic) bond motifs is 1. The van der Waals surface area contributed by atoms with Gasteiger partial charge < -0.3 is 4.74 Å². The molecule has 3 rings (SSSR count). The molecule has 0 bridgehead atoms. The van der Waals surface area contributed by atoms with E-state index in [1.807, 2.05) is 25.1 Å². The normalized spacial score (nSPS) is 11.0. The van der Waals surface area contributed by atoms with Crippen molar-refractivity contribution in [2.45, 2.75) is 19.3 Å². The number of hydrogen-bond acceptors (Lipinski definition) is 6. The van der Waals surface area contributed by atoms with Crippen LogP contribution < -0.4 is 5.56 Å². The number of esters is 1. The number of hydrogen-bond donors (Lipinski definition) is 0. The van der Waals surface area contributed by atoms with Crippen LogP contribution in [0.3, 0.4) is 0 Å². The van der Waals surface area contributed by atoms with E-state index in [0.717, 1.165) is 14.8 Å². The lowest BCUT2D eigenvalue weighted by Gasteiger charge is -2.06. The lowest BCUT2D eigenvalue weighted by atomic mass is 10.3. The van der Waals surface area contributed by atoms with Crippen LogP contribution >= 0.6 is 34.7 Å². The first-order chi connectivity index (χ1) is 12.0. The highest BCUT2D eigenvalue weighted by Gasteiger charge is 2.08. The van der Waals surface area contributed by atoms with Crippen molar-refractivity contribution in [3.8, 4) is 0 Å². The molecule has 0 aliphatic carbocycles. The number of rotatable bonds is 6. The molecule has 0 saturated heterocycles. The molecule has 3 aromatic heterocycles. The molecule has 0 unspecified atom stereocenters. The fourth-order valence-electron chi connectivity index (χ4n) is 2.19. The highest BCUT2D eigenvalue weighted by Crippen LogP contribution is 2.25. The third-order valence-corrected chi connectivity index (χ3v) is 5.70. The van der Waals surface area contributed by atoms with Crippen molar-refractivity contribution in [2.24, 2.45) is 0 Å². The molecule has 0 fully saturated rings. The van der Waals surface area contributed by atoms with Gasteiger partial charge in [0, 0.05) is 22.9 Å². The Balaban J connectivity index is 1.54. The van der Waals surface area contributed by atoms with Crippen molar-refractivity contribution in [3.05, 3.63) is 67.4 Å². The second-order valence-electron chi connectivity index (χ2n) is 5.38. The van der Waals surface area contributed by atoms with E-state index >= 15 is 0 Å². The van der Waals surface area contributed by atoms with Gasteiger partial charge >= 0.3 is 5.97 Å². The van der Waals surface area contributed by atoms with Crippen LogP contribution in [0.1, 0.15) is 16.1 Å². The van der Waals surface area contributed by atoms with Crippen LogP contribution in [0.25, 0.3) is 5.65 Å². The Kier molecular flexibility index (Phi) is 5.78. The molecule has 8 heteroatoms. The zero-order valence-corrected chi connectivity index (χ0v) is 15.8. The van der Waals surface area contributed by atoms with Gasteiger partial charge in [0.25, 0.3) is 5.56 Å². The number of ether oxygens (including phenoxy) is 1. The Morgan fingerprint density at radius 3 is 2.96 bits per heavy atom. The smallest absolute Gasteiger partial charge is 0.316 e. The molecule has 3 heterocycles. The highest BCUT2D eigenvalue weighted by molar-refractivity contribution is 7.99. The molecule has 0 saturated carbocycles. The van der Waals surface area contributed by atoms with E-state index in [2.05, 4.69) is 4.98 Å². The number of aromatic nitrogens is 2. The molecular weight excluding hydrogens is 380 g/mol. The molecule has 5 nitrogen and oxygen atoms in total. The van der Waals surface area contributed by atoms with Gasteiger partial charge in [-0.3, -0.25) is 14.0 Å². The Morgan fingerprint density at radius 2 is 2.20 bits per heavy atom. The Labute approximate surface area is 157 Å². The summed E-state index contributed by atoms with van der Waals surface area (Å²) in [6.45, 7) is 1.90. The average Bonchev–Trinajstić information content (AvgIpc) is 2.99. The van der Waals surface area contributed by atoms with Gasteiger partial charge in [0.05, 0.1) is 15.8 Å². The fraction of sp³-hybridized carbons (Fsp3) is 0.235. The number of pyridine rings is 1. The minimum Gasteiger partial charge on any atom is -0.459 e. The van der Waals surface area contributed by atoms with Crippen molar-refractivity contribution in [1.29, 1.82) is 0 Å². The second kappa shape index (κ2) is 8.03. The number of halogens is 1. The first kappa shape index (κ1) is 18.0. The summed E-state index contributed by atoms with van der Waals surface area (Å²) in [5.41, 5.74) is 1.76. The third kappa shape index (κ3) is 4.84. The molecule has 0 aromatic carbocycles. The van der Waals surface area contributed by atoms with Crippen LogP contribution in [-0.4, -0.2) is 21.1 Å². The lowest BCUT2D eigenvalue weighted by molar-refractivity contribution is -0.141. The summed E-state index contributed by atoms with van der Waals surface area (Å²) >= 11 is 8.83.